The van der Waals surface area contributed by atoms with Crippen molar-refractivity contribution in [3.63, 3.8) is 0 Å². The van der Waals surface area contributed by atoms with Gasteiger partial charge in [-0.05, 0) is 72.4 Å². The number of benzene rings is 2. The molecule has 0 aliphatic heterocycles. The summed E-state index contributed by atoms with van der Waals surface area (Å²) in [6.07, 6.45) is -2.11. The minimum absolute atomic E-state index is 0.0669. The van der Waals surface area contributed by atoms with Crippen molar-refractivity contribution in [2.45, 2.75) is 32.0 Å². The zero-order valence-electron chi connectivity index (χ0n) is 19.9. The van der Waals surface area contributed by atoms with E-state index in [1.165, 1.54) is 25.4 Å². The number of pyridine rings is 1. The van der Waals surface area contributed by atoms with Crippen molar-refractivity contribution in [1.82, 2.24) is 4.98 Å². The van der Waals surface area contributed by atoms with E-state index in [1.807, 2.05) is 18.2 Å². The summed E-state index contributed by atoms with van der Waals surface area (Å²) < 4.78 is 50.2. The second kappa shape index (κ2) is 10.9. The van der Waals surface area contributed by atoms with Gasteiger partial charge in [-0.25, -0.2) is 9.78 Å². The molecule has 0 spiro atoms. The van der Waals surface area contributed by atoms with Gasteiger partial charge in [0.15, 0.2) is 0 Å². The van der Waals surface area contributed by atoms with Crippen molar-refractivity contribution in [1.29, 1.82) is 0 Å². The van der Waals surface area contributed by atoms with Crippen LogP contribution in [0, 0.1) is 5.92 Å². The number of alkyl halides is 3. The molecule has 0 radical (unpaired) electrons. The summed E-state index contributed by atoms with van der Waals surface area (Å²) in [5.41, 5.74) is 7.02. The predicted octanol–water partition coefficient (Wildman–Crippen LogP) is 5.27. The molecule has 194 valence electrons. The number of ether oxygens (including phenoxy) is 2. The maximum absolute atomic E-state index is 13.2. The van der Waals surface area contributed by atoms with Gasteiger partial charge in [-0.3, -0.25) is 10.1 Å². The van der Waals surface area contributed by atoms with Crippen molar-refractivity contribution in [3.05, 3.63) is 77.0 Å². The number of methoxy groups -OCH3 is 1. The van der Waals surface area contributed by atoms with Gasteiger partial charge in [0.2, 0.25) is 5.91 Å². The van der Waals surface area contributed by atoms with E-state index in [-0.39, 0.29) is 29.5 Å². The average molecular weight is 515 g/mol. The van der Waals surface area contributed by atoms with Crippen LogP contribution in [0.15, 0.2) is 54.7 Å². The fourth-order valence-electron chi connectivity index (χ4n) is 4.15. The fraction of sp³-hybridized carbons (Fsp3) is 0.269. The molecule has 2 amide bonds. The van der Waals surface area contributed by atoms with Gasteiger partial charge in [0, 0.05) is 30.4 Å². The van der Waals surface area contributed by atoms with Crippen LogP contribution in [0.2, 0.25) is 0 Å². The molecular weight excluding hydrogens is 489 g/mol. The largest absolute Gasteiger partial charge is 0.457 e. The predicted molar refractivity (Wildman–Crippen MR) is 130 cm³/mol. The first kappa shape index (κ1) is 26.0. The summed E-state index contributed by atoms with van der Waals surface area (Å²) in [7, 11) is 1.24. The number of nitrogens with two attached hydrogens (primary N) is 1. The van der Waals surface area contributed by atoms with E-state index in [4.69, 9.17) is 10.5 Å². The maximum Gasteiger partial charge on any atom is 0.416 e. The van der Waals surface area contributed by atoms with Gasteiger partial charge in [-0.15, -0.1) is 0 Å². The van der Waals surface area contributed by atoms with Crippen LogP contribution in [-0.2, 0) is 35.1 Å². The number of aromatic nitrogens is 1. The number of hydrogen-bond acceptors (Lipinski definition) is 6. The third-order valence-electron chi connectivity index (χ3n) is 5.98. The first-order valence-corrected chi connectivity index (χ1v) is 11.5. The SMILES string of the molecule is COC(=O)Nc1cc(Oc2ccc3c(c2)C[C@@H](C(=O)Nc2cc(CN)cc(C(F)(F)F)c2)CC3)ccn1. The van der Waals surface area contributed by atoms with Crippen LogP contribution in [0.4, 0.5) is 29.5 Å². The minimum atomic E-state index is -4.55. The average Bonchev–Trinajstić information content (AvgIpc) is 2.87. The Morgan fingerprint density at radius 1 is 1.05 bits per heavy atom. The topological polar surface area (TPSA) is 116 Å². The molecule has 11 heteroatoms. The van der Waals surface area contributed by atoms with Crippen LogP contribution in [0.25, 0.3) is 0 Å². The molecule has 0 saturated carbocycles. The van der Waals surface area contributed by atoms with E-state index in [2.05, 4.69) is 20.4 Å². The van der Waals surface area contributed by atoms with Crippen LogP contribution < -0.4 is 21.1 Å². The van der Waals surface area contributed by atoms with E-state index in [1.54, 1.807) is 6.07 Å². The molecule has 0 saturated heterocycles. The second-order valence-electron chi connectivity index (χ2n) is 8.58. The molecule has 3 aromatic rings. The lowest BCUT2D eigenvalue weighted by molar-refractivity contribution is -0.137. The van der Waals surface area contributed by atoms with Crippen LogP contribution >= 0.6 is 0 Å². The van der Waals surface area contributed by atoms with E-state index in [0.717, 1.165) is 23.3 Å². The lowest BCUT2D eigenvalue weighted by atomic mass is 9.83. The lowest BCUT2D eigenvalue weighted by Crippen LogP contribution is -2.28. The zero-order chi connectivity index (χ0) is 26.6. The molecule has 1 atom stereocenters. The molecule has 4 N–H and O–H groups in total. The number of carbonyl (C=O) groups excluding carboxylic acids is 2. The lowest BCUT2D eigenvalue weighted by Gasteiger charge is -2.25. The maximum atomic E-state index is 13.2. The first-order chi connectivity index (χ1) is 17.6. The Kier molecular flexibility index (Phi) is 7.63. The summed E-state index contributed by atoms with van der Waals surface area (Å²) in [5, 5.41) is 5.09. The van der Waals surface area contributed by atoms with Gasteiger partial charge >= 0.3 is 12.3 Å². The molecule has 1 heterocycles. The molecule has 0 fully saturated rings. The molecule has 37 heavy (non-hydrogen) atoms. The summed E-state index contributed by atoms with van der Waals surface area (Å²) in [6, 6.07) is 12.1. The second-order valence-corrected chi connectivity index (χ2v) is 8.58. The molecule has 2 aromatic carbocycles. The van der Waals surface area contributed by atoms with Gasteiger partial charge in [-0.1, -0.05) is 6.07 Å². The van der Waals surface area contributed by atoms with Gasteiger partial charge in [-0.2, -0.15) is 13.2 Å². The van der Waals surface area contributed by atoms with Gasteiger partial charge < -0.3 is 20.5 Å². The van der Waals surface area contributed by atoms with Crippen molar-refractivity contribution in [2.75, 3.05) is 17.7 Å². The number of anilines is 2. The Labute approximate surface area is 211 Å². The Balaban J connectivity index is 1.46. The number of hydrogen-bond donors (Lipinski definition) is 3. The highest BCUT2D eigenvalue weighted by Gasteiger charge is 2.32. The molecule has 1 aromatic heterocycles. The Bertz CT molecular complexity index is 1310. The van der Waals surface area contributed by atoms with Gasteiger partial charge in [0.25, 0.3) is 0 Å². The van der Waals surface area contributed by atoms with Crippen molar-refractivity contribution >= 4 is 23.5 Å². The summed E-state index contributed by atoms with van der Waals surface area (Å²) in [4.78, 5) is 28.4. The highest BCUT2D eigenvalue weighted by Crippen LogP contribution is 2.34. The van der Waals surface area contributed by atoms with Crippen LogP contribution in [0.3, 0.4) is 0 Å². The number of fused-ring (bicyclic) bond motifs is 1. The molecule has 8 nitrogen and oxygen atoms in total. The molecule has 4 rings (SSSR count). The standard InChI is InChI=1S/C26H25F3N4O4/c1-36-25(35)33-23-13-22(6-7-31-23)37-21-5-4-16-2-3-17(10-18(16)11-21)24(34)32-20-9-15(14-30)8-19(12-20)26(27,28)29/h4-9,11-13,17H,2-3,10,14,30H2,1H3,(H,32,34)(H,31,33,35)/t17-/m0/s1. The number of nitrogens with one attached hydrogen (secondary N) is 2. The molecule has 1 aliphatic rings. The number of nitrogens with zero attached hydrogens (tertiary/aromatic N) is 1. The summed E-state index contributed by atoms with van der Waals surface area (Å²) in [5.74, 6) is 0.445. The van der Waals surface area contributed by atoms with Crippen molar-refractivity contribution in [3.8, 4) is 11.5 Å². The van der Waals surface area contributed by atoms with Crippen LogP contribution in [0.5, 0.6) is 11.5 Å². The number of aryl methyl sites for hydroxylation is 1. The normalized spacial score (nSPS) is 14.9. The Morgan fingerprint density at radius 3 is 2.57 bits per heavy atom. The Hall–Kier alpha value is -4.12. The molecule has 0 bridgehead atoms. The molecule has 0 unspecified atom stereocenters. The summed E-state index contributed by atoms with van der Waals surface area (Å²) >= 11 is 0. The van der Waals surface area contributed by atoms with E-state index in [0.29, 0.717) is 30.8 Å². The Morgan fingerprint density at radius 2 is 1.84 bits per heavy atom. The molecule has 1 aliphatic carbocycles. The van der Waals surface area contributed by atoms with Gasteiger partial charge in [0.1, 0.15) is 17.3 Å². The highest BCUT2D eigenvalue weighted by atomic mass is 19.4. The number of rotatable bonds is 6. The van der Waals surface area contributed by atoms with Crippen molar-refractivity contribution < 1.29 is 32.2 Å². The van der Waals surface area contributed by atoms with Crippen LogP contribution in [0.1, 0.15) is 28.7 Å². The van der Waals surface area contributed by atoms with Crippen LogP contribution in [-0.4, -0.2) is 24.1 Å². The summed E-state index contributed by atoms with van der Waals surface area (Å²) in [6.45, 7) is -0.0793. The van der Waals surface area contributed by atoms with E-state index >= 15 is 0 Å². The minimum Gasteiger partial charge on any atom is -0.457 e. The number of halogens is 3. The van der Waals surface area contributed by atoms with Gasteiger partial charge in [0.05, 0.1) is 12.7 Å². The fourth-order valence-corrected chi connectivity index (χ4v) is 4.15. The quantitative estimate of drug-likeness (QED) is 0.413. The third-order valence-corrected chi connectivity index (χ3v) is 5.98. The number of amides is 2. The van der Waals surface area contributed by atoms with E-state index < -0.39 is 23.8 Å². The monoisotopic (exact) mass is 514 g/mol. The molecular formula is C26H25F3N4O4. The number of carbonyl (C=O) groups is 2. The smallest absolute Gasteiger partial charge is 0.416 e. The zero-order valence-corrected chi connectivity index (χ0v) is 19.9. The highest BCUT2D eigenvalue weighted by molar-refractivity contribution is 5.93. The third kappa shape index (κ3) is 6.56. The van der Waals surface area contributed by atoms with Crippen molar-refractivity contribution in [2.24, 2.45) is 11.7 Å². The van der Waals surface area contributed by atoms with E-state index in [9.17, 15) is 22.8 Å². The first-order valence-electron chi connectivity index (χ1n) is 11.5.